The second kappa shape index (κ2) is 25.0. The Balaban J connectivity index is 1.75. The molecule has 2 unspecified atom stereocenters. The SMILES string of the molecule is CC[C@H](C)[C@@H]([C@@H](CC(=O)N1CCC[C@H]1[C@H](OC)[C@@H](C)C(=O)N[C@@H](Cc1ccccc1)P(=O)(O)CC(=O)NCCCNC(=O)OC(C)(C)C)OC)N(C)C(=O)[C@H]1N=C(N(C)C)N(C)CC1C. The predicted octanol–water partition coefficient (Wildman–Crippen LogP) is 3.76. The number of carbonyl (C=O) groups is 5. The molecule has 19 heteroatoms. The highest BCUT2D eigenvalue weighted by molar-refractivity contribution is 7.59. The molecule has 368 valence electrons. The van der Waals surface area contributed by atoms with Crippen molar-refractivity contribution in [2.24, 2.45) is 22.7 Å². The van der Waals surface area contributed by atoms with Crippen LogP contribution in [0.25, 0.3) is 0 Å². The van der Waals surface area contributed by atoms with E-state index in [0.29, 0.717) is 37.9 Å². The molecule has 0 saturated carbocycles. The average Bonchev–Trinajstić information content (AvgIpc) is 3.72. The van der Waals surface area contributed by atoms with Gasteiger partial charge in [-0.15, -0.1) is 0 Å². The second-order valence-corrected chi connectivity index (χ2v) is 21.4. The van der Waals surface area contributed by atoms with Crippen LogP contribution >= 0.6 is 7.37 Å². The molecule has 0 spiro atoms. The molecule has 65 heavy (non-hydrogen) atoms. The highest BCUT2D eigenvalue weighted by Crippen LogP contribution is 2.46. The van der Waals surface area contributed by atoms with E-state index in [0.717, 1.165) is 12.4 Å². The van der Waals surface area contributed by atoms with Gasteiger partial charge >= 0.3 is 6.09 Å². The van der Waals surface area contributed by atoms with E-state index >= 15 is 0 Å². The predicted molar refractivity (Wildman–Crippen MR) is 251 cm³/mol. The molecule has 2 heterocycles. The lowest BCUT2D eigenvalue weighted by atomic mass is 9.89. The van der Waals surface area contributed by atoms with Crippen LogP contribution in [-0.4, -0.2) is 177 Å². The smallest absolute Gasteiger partial charge is 0.407 e. The maximum Gasteiger partial charge on any atom is 0.407 e. The largest absolute Gasteiger partial charge is 0.444 e. The van der Waals surface area contributed by atoms with Gasteiger partial charge in [-0.1, -0.05) is 64.4 Å². The van der Waals surface area contributed by atoms with Crippen LogP contribution in [0.5, 0.6) is 0 Å². The van der Waals surface area contributed by atoms with E-state index in [2.05, 4.69) is 22.9 Å². The summed E-state index contributed by atoms with van der Waals surface area (Å²) < 4.78 is 31.3. The molecule has 1 aromatic carbocycles. The number of aliphatic imine (C=N–C) groups is 1. The topological polar surface area (TPSA) is 212 Å². The second-order valence-electron chi connectivity index (χ2n) is 19.0. The van der Waals surface area contributed by atoms with E-state index in [1.165, 1.54) is 7.11 Å². The van der Waals surface area contributed by atoms with Crippen LogP contribution in [0.15, 0.2) is 35.3 Å². The number of benzene rings is 1. The monoisotopic (exact) mass is 935 g/mol. The van der Waals surface area contributed by atoms with Crippen molar-refractivity contribution in [1.82, 2.24) is 35.6 Å². The fourth-order valence-corrected chi connectivity index (χ4v) is 10.4. The Morgan fingerprint density at radius 1 is 1.02 bits per heavy atom. The quantitative estimate of drug-likeness (QED) is 0.0968. The highest BCUT2D eigenvalue weighted by Gasteiger charge is 2.44. The zero-order valence-electron chi connectivity index (χ0n) is 41.2. The van der Waals surface area contributed by atoms with E-state index in [1.807, 2.05) is 50.9 Å². The number of ether oxygens (including phenoxy) is 3. The summed E-state index contributed by atoms with van der Waals surface area (Å²) in [5.41, 5.74) is 0.0316. The summed E-state index contributed by atoms with van der Waals surface area (Å²) in [5, 5.41) is 8.03. The first-order chi connectivity index (χ1) is 30.5. The number of carbonyl (C=O) groups excluding carboxylic acids is 5. The molecule has 18 nitrogen and oxygen atoms in total. The zero-order valence-corrected chi connectivity index (χ0v) is 42.1. The number of methoxy groups -OCH3 is 2. The van der Waals surface area contributed by atoms with Crippen molar-refractivity contribution >= 4 is 43.1 Å². The highest BCUT2D eigenvalue weighted by atomic mass is 31.2. The van der Waals surface area contributed by atoms with Gasteiger partial charge in [-0.05, 0) is 51.5 Å². The molecule has 10 atom stereocenters. The van der Waals surface area contributed by atoms with E-state index in [4.69, 9.17) is 19.2 Å². The van der Waals surface area contributed by atoms with Crippen LogP contribution in [0.1, 0.15) is 86.1 Å². The standard InChI is InChI=1S/C46H79N8O10P/c1-14-30(2)40(53(11)43(58)39-31(3)28-52(10)44(50-39)51(8)9)35(62-12)27-38(56)54-25-18-22-34(54)41(63-13)32(4)42(57)49-37(26-33-20-16-15-17-21-33)65(60,61)29-36(55)47-23-19-24-48-45(59)64-46(5,6)7/h15-17,20-21,30-32,34-35,37,39-41H,14,18-19,22-29H2,1-13H3,(H,47,55)(H,48,59)(H,49,57)(H,60,61)/t30-,31?,32+,34-,35+,37+,39-,40-,41+/m0/s1. The van der Waals surface area contributed by atoms with Crippen molar-refractivity contribution in [2.45, 2.75) is 129 Å². The molecule has 2 aliphatic rings. The third-order valence-corrected chi connectivity index (χ3v) is 14.4. The van der Waals surface area contributed by atoms with Gasteiger partial charge in [0.15, 0.2) is 5.96 Å². The molecule has 0 bridgehead atoms. The summed E-state index contributed by atoms with van der Waals surface area (Å²) in [6, 6.07) is 7.40. The molecule has 3 rings (SSSR count). The van der Waals surface area contributed by atoms with E-state index in [1.54, 1.807) is 75.9 Å². The fraction of sp³-hybridized carbons (Fsp3) is 0.739. The molecule has 5 amide bonds. The Kier molecular flexibility index (Phi) is 21.2. The molecule has 2 aliphatic heterocycles. The Morgan fingerprint density at radius 3 is 2.25 bits per heavy atom. The number of nitrogens with one attached hydrogen (secondary N) is 3. The van der Waals surface area contributed by atoms with Crippen LogP contribution in [-0.2, 0) is 44.4 Å². The first-order valence-corrected chi connectivity index (χ1v) is 24.8. The normalized spacial score (nSPS) is 21.4. The summed E-state index contributed by atoms with van der Waals surface area (Å²) in [6.45, 7) is 14.5. The molecule has 1 saturated heterocycles. The summed E-state index contributed by atoms with van der Waals surface area (Å²) in [5.74, 6) is -3.08. The average molecular weight is 935 g/mol. The number of hydrogen-bond donors (Lipinski definition) is 4. The van der Waals surface area contributed by atoms with Gasteiger partial charge in [-0.3, -0.25) is 23.7 Å². The third-order valence-electron chi connectivity index (χ3n) is 12.4. The minimum atomic E-state index is -4.38. The summed E-state index contributed by atoms with van der Waals surface area (Å²) in [4.78, 5) is 91.4. The maximum atomic E-state index is 14.4. The zero-order chi connectivity index (χ0) is 48.8. The number of likely N-dealkylation sites (N-methyl/N-ethyl adjacent to an activating group) is 1. The molecule has 1 fully saturated rings. The number of rotatable bonds is 22. The van der Waals surface area contributed by atoms with E-state index < -0.39 is 79.1 Å². The van der Waals surface area contributed by atoms with Crippen LogP contribution in [0.4, 0.5) is 4.79 Å². The Morgan fingerprint density at radius 2 is 1.66 bits per heavy atom. The van der Waals surface area contributed by atoms with Gasteiger partial charge in [0.25, 0.3) is 0 Å². The van der Waals surface area contributed by atoms with Crippen LogP contribution in [0.3, 0.4) is 0 Å². The third kappa shape index (κ3) is 16.0. The lowest BCUT2D eigenvalue weighted by Gasteiger charge is -2.42. The van der Waals surface area contributed by atoms with Gasteiger partial charge in [0.2, 0.25) is 31.0 Å². The number of guanidine groups is 1. The number of alkyl carbamates (subject to hydrolysis) is 1. The Hall–Kier alpha value is -4.25. The van der Waals surface area contributed by atoms with Crippen molar-refractivity contribution in [1.29, 1.82) is 0 Å². The lowest BCUT2D eigenvalue weighted by molar-refractivity contribution is -0.146. The number of likely N-dealkylation sites (tertiary alicyclic amines) is 1. The van der Waals surface area contributed by atoms with Crippen molar-refractivity contribution in [2.75, 3.05) is 74.8 Å². The lowest BCUT2D eigenvalue weighted by Crippen LogP contribution is -2.57. The molecular weight excluding hydrogens is 856 g/mol. The van der Waals surface area contributed by atoms with Crippen LogP contribution in [0, 0.1) is 17.8 Å². The van der Waals surface area contributed by atoms with Gasteiger partial charge < -0.3 is 54.7 Å². The first kappa shape index (κ1) is 55.1. The molecule has 1 aromatic rings. The molecule has 4 N–H and O–H groups in total. The van der Waals surface area contributed by atoms with E-state index in [9.17, 15) is 33.4 Å². The van der Waals surface area contributed by atoms with E-state index in [-0.39, 0.29) is 49.6 Å². The van der Waals surface area contributed by atoms with Crippen molar-refractivity contribution in [3.8, 4) is 0 Å². The van der Waals surface area contributed by atoms with Crippen LogP contribution < -0.4 is 16.0 Å². The van der Waals surface area contributed by atoms with Gasteiger partial charge in [0.05, 0.1) is 36.6 Å². The Labute approximate surface area is 387 Å². The van der Waals surface area contributed by atoms with Crippen molar-refractivity contribution in [3.63, 3.8) is 0 Å². The molecule has 0 aromatic heterocycles. The number of nitrogens with zero attached hydrogens (tertiary/aromatic N) is 5. The summed E-state index contributed by atoms with van der Waals surface area (Å²) in [7, 11) is 6.19. The fourth-order valence-electron chi connectivity index (χ4n) is 8.85. The van der Waals surface area contributed by atoms with Gasteiger partial charge in [-0.25, -0.2) is 9.79 Å². The Bertz CT molecular complexity index is 1810. The number of hydrogen-bond acceptors (Lipinski definition) is 12. The molecule has 0 aliphatic carbocycles. The minimum Gasteiger partial charge on any atom is -0.444 e. The van der Waals surface area contributed by atoms with Crippen LogP contribution in [0.2, 0.25) is 0 Å². The molecular formula is C46H79N8O10P. The summed E-state index contributed by atoms with van der Waals surface area (Å²) >= 11 is 0. The van der Waals surface area contributed by atoms with Gasteiger partial charge in [0, 0.05) is 80.9 Å². The van der Waals surface area contributed by atoms with Gasteiger partial charge in [0.1, 0.15) is 23.6 Å². The number of amides is 5. The first-order valence-electron chi connectivity index (χ1n) is 22.9. The van der Waals surface area contributed by atoms with Crippen molar-refractivity contribution in [3.05, 3.63) is 35.9 Å². The summed E-state index contributed by atoms with van der Waals surface area (Å²) in [6.07, 6.45) is -0.447. The van der Waals surface area contributed by atoms with Gasteiger partial charge in [-0.2, -0.15) is 0 Å². The van der Waals surface area contributed by atoms with Crippen molar-refractivity contribution < 1.29 is 47.6 Å². The minimum absolute atomic E-state index is 0.0129. The molecule has 0 radical (unpaired) electrons. The maximum absolute atomic E-state index is 14.4.